The zero-order chi connectivity index (χ0) is 10.7. The van der Waals surface area contributed by atoms with Crippen LogP contribution in [0.2, 0.25) is 0 Å². The maximum absolute atomic E-state index is 5.47. The largest absolute Gasteiger partial charge is 0.384 e. The molecule has 0 amide bonds. The lowest BCUT2D eigenvalue weighted by atomic mass is 10.1. The number of fused-ring (bicyclic) bond motifs is 1. The summed E-state index contributed by atoms with van der Waals surface area (Å²) >= 11 is 0. The Bertz CT molecular complexity index is 445. The molecular formula is C12H17N3. The molecule has 0 aliphatic carbocycles. The van der Waals surface area contributed by atoms with Gasteiger partial charge in [-0.25, -0.2) is 0 Å². The Morgan fingerprint density at radius 3 is 3.00 bits per heavy atom. The van der Waals surface area contributed by atoms with Crippen LogP contribution in [-0.2, 0) is 6.42 Å². The van der Waals surface area contributed by atoms with E-state index in [-0.39, 0.29) is 0 Å². The number of nitrogens with two attached hydrogens (primary N) is 1. The lowest BCUT2D eigenvalue weighted by Gasteiger charge is -2.08. The molecule has 1 aromatic heterocycles. The molecule has 3 heteroatoms. The summed E-state index contributed by atoms with van der Waals surface area (Å²) in [4.78, 5) is 3.24. The normalized spacial score (nSPS) is 10.8. The highest BCUT2D eigenvalue weighted by Crippen LogP contribution is 2.23. The van der Waals surface area contributed by atoms with E-state index >= 15 is 0 Å². The predicted octanol–water partition coefficient (Wildman–Crippen LogP) is 2.10. The molecule has 3 nitrogen and oxygen atoms in total. The van der Waals surface area contributed by atoms with Crippen LogP contribution in [0.15, 0.2) is 24.4 Å². The summed E-state index contributed by atoms with van der Waals surface area (Å²) in [5.74, 6) is 0. The third kappa shape index (κ3) is 1.97. The summed E-state index contributed by atoms with van der Waals surface area (Å²) in [6.45, 7) is 3.65. The van der Waals surface area contributed by atoms with E-state index in [1.807, 2.05) is 6.20 Å². The Balaban J connectivity index is 2.40. The fourth-order valence-corrected chi connectivity index (χ4v) is 1.86. The van der Waals surface area contributed by atoms with Crippen LogP contribution in [0.25, 0.3) is 10.9 Å². The summed E-state index contributed by atoms with van der Waals surface area (Å²) in [5.41, 5.74) is 9.17. The molecule has 0 saturated heterocycles. The van der Waals surface area contributed by atoms with Crippen LogP contribution in [0, 0.1) is 0 Å². The molecule has 0 radical (unpaired) electrons. The zero-order valence-electron chi connectivity index (χ0n) is 9.01. The van der Waals surface area contributed by atoms with Gasteiger partial charge < -0.3 is 16.0 Å². The Labute approximate surface area is 89.7 Å². The van der Waals surface area contributed by atoms with Crippen molar-refractivity contribution in [1.82, 2.24) is 4.98 Å². The number of H-pyrrole nitrogens is 1. The molecule has 0 aliphatic rings. The van der Waals surface area contributed by atoms with Crippen LogP contribution in [0.1, 0.15) is 12.5 Å². The van der Waals surface area contributed by atoms with Crippen molar-refractivity contribution < 1.29 is 0 Å². The van der Waals surface area contributed by atoms with E-state index in [9.17, 15) is 0 Å². The molecule has 80 valence electrons. The molecular weight excluding hydrogens is 186 g/mol. The monoisotopic (exact) mass is 203 g/mol. The molecule has 1 heterocycles. The van der Waals surface area contributed by atoms with E-state index in [1.54, 1.807) is 0 Å². The number of hydrogen-bond acceptors (Lipinski definition) is 2. The number of aromatic nitrogens is 1. The van der Waals surface area contributed by atoms with Crippen molar-refractivity contribution in [2.75, 3.05) is 18.4 Å². The maximum Gasteiger partial charge on any atom is 0.0477 e. The summed E-state index contributed by atoms with van der Waals surface area (Å²) in [6, 6.07) is 6.46. The van der Waals surface area contributed by atoms with E-state index in [4.69, 9.17) is 5.73 Å². The van der Waals surface area contributed by atoms with Crippen LogP contribution in [0.3, 0.4) is 0 Å². The van der Waals surface area contributed by atoms with E-state index in [1.165, 1.54) is 16.5 Å². The molecule has 2 aromatic rings. The van der Waals surface area contributed by atoms with Crippen LogP contribution < -0.4 is 11.1 Å². The first kappa shape index (κ1) is 10.1. The summed E-state index contributed by atoms with van der Waals surface area (Å²) in [5, 5.41) is 4.62. The van der Waals surface area contributed by atoms with Crippen LogP contribution >= 0.6 is 0 Å². The number of aromatic amines is 1. The van der Waals surface area contributed by atoms with Gasteiger partial charge in [-0.1, -0.05) is 6.92 Å². The summed E-state index contributed by atoms with van der Waals surface area (Å²) in [7, 11) is 0. The number of aryl methyl sites for hydroxylation is 1. The third-order valence-corrected chi connectivity index (χ3v) is 2.61. The first-order chi connectivity index (χ1) is 7.35. The molecule has 2 rings (SSSR count). The van der Waals surface area contributed by atoms with E-state index in [0.29, 0.717) is 6.54 Å². The minimum absolute atomic E-state index is 0.657. The average Bonchev–Trinajstić information content (AvgIpc) is 2.73. The first-order valence-electron chi connectivity index (χ1n) is 5.39. The first-order valence-corrected chi connectivity index (χ1v) is 5.39. The van der Waals surface area contributed by atoms with Gasteiger partial charge in [0.2, 0.25) is 0 Å². The topological polar surface area (TPSA) is 53.8 Å². The summed E-state index contributed by atoms with van der Waals surface area (Å²) < 4.78 is 0. The van der Waals surface area contributed by atoms with Crippen molar-refractivity contribution in [3.8, 4) is 0 Å². The summed E-state index contributed by atoms with van der Waals surface area (Å²) in [6.07, 6.45) is 3.03. The second kappa shape index (κ2) is 4.36. The number of rotatable bonds is 4. The van der Waals surface area contributed by atoms with Crippen LogP contribution in [-0.4, -0.2) is 18.1 Å². The number of hydrogen-bond donors (Lipinski definition) is 3. The van der Waals surface area contributed by atoms with E-state index < -0.39 is 0 Å². The van der Waals surface area contributed by atoms with Crippen molar-refractivity contribution in [1.29, 1.82) is 0 Å². The molecule has 1 aromatic carbocycles. The quantitative estimate of drug-likeness (QED) is 0.712. The molecule has 0 atom stereocenters. The Hall–Kier alpha value is -1.48. The fraction of sp³-hybridized carbons (Fsp3) is 0.333. The molecule has 0 fully saturated rings. The van der Waals surface area contributed by atoms with Crippen molar-refractivity contribution in [2.24, 2.45) is 5.73 Å². The van der Waals surface area contributed by atoms with Gasteiger partial charge in [0.15, 0.2) is 0 Å². The molecule has 0 bridgehead atoms. The van der Waals surface area contributed by atoms with Crippen molar-refractivity contribution in [2.45, 2.75) is 13.3 Å². The lowest BCUT2D eigenvalue weighted by molar-refractivity contribution is 1.02. The number of benzene rings is 1. The minimum atomic E-state index is 0.657. The Morgan fingerprint density at radius 2 is 2.27 bits per heavy atom. The van der Waals surface area contributed by atoms with Gasteiger partial charge in [0, 0.05) is 35.9 Å². The predicted molar refractivity (Wildman–Crippen MR) is 65.2 cm³/mol. The van der Waals surface area contributed by atoms with Crippen molar-refractivity contribution in [3.05, 3.63) is 30.0 Å². The van der Waals surface area contributed by atoms with Crippen molar-refractivity contribution >= 4 is 16.6 Å². The molecule has 0 unspecified atom stereocenters. The smallest absolute Gasteiger partial charge is 0.0477 e. The lowest BCUT2D eigenvalue weighted by Crippen LogP contribution is -2.13. The van der Waals surface area contributed by atoms with Gasteiger partial charge in [0.1, 0.15) is 0 Å². The highest BCUT2D eigenvalue weighted by molar-refractivity contribution is 5.86. The highest BCUT2D eigenvalue weighted by atomic mass is 14.9. The molecule has 0 aliphatic heterocycles. The van der Waals surface area contributed by atoms with Gasteiger partial charge >= 0.3 is 0 Å². The maximum atomic E-state index is 5.47. The standard InChI is InChI=1S/C12H17N3/c1-2-9-7-10(14-6-4-13)8-12-11(9)3-5-15-12/h3,5,7-8,14-15H,2,4,6,13H2,1H3. The second-order valence-electron chi connectivity index (χ2n) is 3.64. The van der Waals surface area contributed by atoms with Gasteiger partial charge in [0.25, 0.3) is 0 Å². The van der Waals surface area contributed by atoms with E-state index in [2.05, 4.69) is 35.4 Å². The molecule has 4 N–H and O–H groups in total. The molecule has 0 saturated carbocycles. The Morgan fingerprint density at radius 1 is 1.40 bits per heavy atom. The zero-order valence-corrected chi connectivity index (χ0v) is 9.01. The highest BCUT2D eigenvalue weighted by Gasteiger charge is 2.02. The third-order valence-electron chi connectivity index (χ3n) is 2.61. The second-order valence-corrected chi connectivity index (χ2v) is 3.64. The van der Waals surface area contributed by atoms with E-state index in [0.717, 1.165) is 18.7 Å². The molecule has 0 spiro atoms. The van der Waals surface area contributed by atoms with Gasteiger partial charge in [0.05, 0.1) is 0 Å². The number of nitrogens with one attached hydrogen (secondary N) is 2. The van der Waals surface area contributed by atoms with Gasteiger partial charge in [-0.15, -0.1) is 0 Å². The average molecular weight is 203 g/mol. The van der Waals surface area contributed by atoms with Crippen molar-refractivity contribution in [3.63, 3.8) is 0 Å². The number of anilines is 1. The SMILES string of the molecule is CCc1cc(NCCN)cc2[nH]ccc12. The molecule has 15 heavy (non-hydrogen) atoms. The van der Waals surface area contributed by atoms with Gasteiger partial charge in [-0.2, -0.15) is 0 Å². The Kier molecular flexibility index (Phi) is 2.92. The van der Waals surface area contributed by atoms with Gasteiger partial charge in [-0.05, 0) is 30.2 Å². The van der Waals surface area contributed by atoms with Crippen LogP contribution in [0.4, 0.5) is 5.69 Å². The fourth-order valence-electron chi connectivity index (χ4n) is 1.86. The van der Waals surface area contributed by atoms with Gasteiger partial charge in [-0.3, -0.25) is 0 Å². The minimum Gasteiger partial charge on any atom is -0.384 e. The van der Waals surface area contributed by atoms with Crippen LogP contribution in [0.5, 0.6) is 0 Å².